The molecule has 1 heterocycles. The van der Waals surface area contributed by atoms with E-state index < -0.39 is 12.7 Å². The highest BCUT2D eigenvalue weighted by atomic mass is 35.5. The molecule has 1 atom stereocenters. The summed E-state index contributed by atoms with van der Waals surface area (Å²) in [6.45, 7) is -0.548. The molecule has 0 aliphatic rings. The van der Waals surface area contributed by atoms with Crippen LogP contribution >= 0.6 is 12.4 Å². The van der Waals surface area contributed by atoms with E-state index in [9.17, 15) is 4.39 Å². The Morgan fingerprint density at radius 2 is 2.00 bits per heavy atom. The van der Waals surface area contributed by atoms with E-state index in [-0.39, 0.29) is 12.4 Å². The first kappa shape index (κ1) is 11.9. The highest BCUT2D eigenvalue weighted by Gasteiger charge is 2.08. The van der Waals surface area contributed by atoms with Gasteiger partial charge in [-0.25, -0.2) is 4.39 Å². The summed E-state index contributed by atoms with van der Waals surface area (Å²) < 4.78 is 12.5. The molecule has 2 aromatic rings. The molecule has 0 radical (unpaired) electrons. The maximum atomic E-state index is 12.5. The SMILES string of the molecule is Cl.N[C@@H](CF)c1ccnc2ccccc12. The molecule has 0 fully saturated rings. The number of para-hydroxylation sites is 1. The third-order valence-electron chi connectivity index (χ3n) is 2.25. The first-order chi connectivity index (χ1) is 6.83. The van der Waals surface area contributed by atoms with Gasteiger partial charge in [-0.2, -0.15) is 0 Å². The minimum atomic E-state index is -0.553. The van der Waals surface area contributed by atoms with Gasteiger partial charge in [-0.1, -0.05) is 18.2 Å². The van der Waals surface area contributed by atoms with Gasteiger partial charge in [-0.3, -0.25) is 4.98 Å². The molecule has 15 heavy (non-hydrogen) atoms. The second-order valence-electron chi connectivity index (χ2n) is 3.18. The van der Waals surface area contributed by atoms with Crippen LogP contribution in [0.15, 0.2) is 36.5 Å². The van der Waals surface area contributed by atoms with Gasteiger partial charge >= 0.3 is 0 Å². The van der Waals surface area contributed by atoms with Crippen LogP contribution in [0.5, 0.6) is 0 Å². The number of hydrogen-bond donors (Lipinski definition) is 1. The Bertz CT molecular complexity index is 442. The van der Waals surface area contributed by atoms with Gasteiger partial charge in [0.2, 0.25) is 0 Å². The molecule has 1 aromatic heterocycles. The second kappa shape index (κ2) is 5.05. The van der Waals surface area contributed by atoms with Crippen molar-refractivity contribution in [1.29, 1.82) is 0 Å². The van der Waals surface area contributed by atoms with Crippen molar-refractivity contribution >= 4 is 23.3 Å². The Kier molecular flexibility index (Phi) is 4.00. The van der Waals surface area contributed by atoms with Crippen LogP contribution in [0, 0.1) is 0 Å². The first-order valence-electron chi connectivity index (χ1n) is 4.48. The number of pyridine rings is 1. The smallest absolute Gasteiger partial charge is 0.109 e. The van der Waals surface area contributed by atoms with Crippen molar-refractivity contribution < 1.29 is 4.39 Å². The van der Waals surface area contributed by atoms with Crippen molar-refractivity contribution in [3.63, 3.8) is 0 Å². The van der Waals surface area contributed by atoms with E-state index >= 15 is 0 Å². The van der Waals surface area contributed by atoms with Gasteiger partial charge in [-0.05, 0) is 17.7 Å². The molecular weight excluding hydrogens is 215 g/mol. The topological polar surface area (TPSA) is 38.9 Å². The average molecular weight is 227 g/mol. The molecule has 0 aliphatic heterocycles. The fraction of sp³-hybridized carbons (Fsp3) is 0.182. The van der Waals surface area contributed by atoms with Gasteiger partial charge in [0.15, 0.2) is 0 Å². The maximum Gasteiger partial charge on any atom is 0.109 e. The van der Waals surface area contributed by atoms with Crippen LogP contribution in [0.25, 0.3) is 10.9 Å². The number of nitrogens with zero attached hydrogens (tertiary/aromatic N) is 1. The zero-order valence-corrected chi connectivity index (χ0v) is 8.88. The van der Waals surface area contributed by atoms with Gasteiger partial charge in [0.1, 0.15) is 6.67 Å². The monoisotopic (exact) mass is 226 g/mol. The van der Waals surface area contributed by atoms with Crippen LogP contribution in [-0.4, -0.2) is 11.7 Å². The lowest BCUT2D eigenvalue weighted by Gasteiger charge is -2.09. The lowest BCUT2D eigenvalue weighted by molar-refractivity contribution is 0.438. The van der Waals surface area contributed by atoms with Crippen molar-refractivity contribution in [2.24, 2.45) is 5.73 Å². The number of rotatable bonds is 2. The zero-order chi connectivity index (χ0) is 9.97. The number of benzene rings is 1. The first-order valence-corrected chi connectivity index (χ1v) is 4.48. The molecule has 2 rings (SSSR count). The number of halogens is 2. The zero-order valence-electron chi connectivity index (χ0n) is 8.06. The number of alkyl halides is 1. The maximum absolute atomic E-state index is 12.5. The summed E-state index contributed by atoms with van der Waals surface area (Å²) in [6, 6.07) is 8.82. The molecule has 0 amide bonds. The van der Waals surface area contributed by atoms with Crippen molar-refractivity contribution in [1.82, 2.24) is 4.98 Å². The van der Waals surface area contributed by atoms with E-state index in [1.165, 1.54) is 0 Å². The minimum Gasteiger partial charge on any atom is -0.322 e. The fourth-order valence-electron chi connectivity index (χ4n) is 1.52. The molecule has 0 spiro atoms. The number of fused-ring (bicyclic) bond motifs is 1. The molecule has 80 valence electrons. The lowest BCUT2D eigenvalue weighted by Crippen LogP contribution is -2.12. The Morgan fingerprint density at radius 3 is 2.73 bits per heavy atom. The van der Waals surface area contributed by atoms with Gasteiger partial charge in [0.05, 0.1) is 11.6 Å². The van der Waals surface area contributed by atoms with Gasteiger partial charge in [-0.15, -0.1) is 12.4 Å². The van der Waals surface area contributed by atoms with Crippen LogP contribution in [0.2, 0.25) is 0 Å². The van der Waals surface area contributed by atoms with E-state index in [2.05, 4.69) is 4.98 Å². The number of hydrogen-bond acceptors (Lipinski definition) is 2. The average Bonchev–Trinajstić information content (AvgIpc) is 2.27. The van der Waals surface area contributed by atoms with Crippen LogP contribution < -0.4 is 5.73 Å². The summed E-state index contributed by atoms with van der Waals surface area (Å²) in [4.78, 5) is 4.18. The molecule has 4 heteroatoms. The second-order valence-corrected chi connectivity index (χ2v) is 3.18. The summed E-state index contributed by atoms with van der Waals surface area (Å²) in [5, 5.41) is 0.931. The Labute approximate surface area is 93.7 Å². The van der Waals surface area contributed by atoms with Gasteiger partial charge in [0.25, 0.3) is 0 Å². The van der Waals surface area contributed by atoms with E-state index in [1.54, 1.807) is 12.3 Å². The molecule has 0 unspecified atom stereocenters. The van der Waals surface area contributed by atoms with E-state index in [0.717, 1.165) is 16.5 Å². The highest BCUT2D eigenvalue weighted by Crippen LogP contribution is 2.21. The van der Waals surface area contributed by atoms with Crippen molar-refractivity contribution in [3.8, 4) is 0 Å². The van der Waals surface area contributed by atoms with Crippen LogP contribution in [0.4, 0.5) is 4.39 Å². The van der Waals surface area contributed by atoms with E-state index in [0.29, 0.717) is 0 Å². The summed E-state index contributed by atoms with van der Waals surface area (Å²) in [5.41, 5.74) is 7.33. The normalized spacial score (nSPS) is 12.1. The third kappa shape index (κ3) is 2.25. The summed E-state index contributed by atoms with van der Waals surface area (Å²) in [7, 11) is 0. The predicted molar refractivity (Wildman–Crippen MR) is 61.9 cm³/mol. The molecule has 0 aliphatic carbocycles. The summed E-state index contributed by atoms with van der Waals surface area (Å²) in [5.74, 6) is 0. The van der Waals surface area contributed by atoms with E-state index in [4.69, 9.17) is 5.73 Å². The van der Waals surface area contributed by atoms with Crippen molar-refractivity contribution in [3.05, 3.63) is 42.1 Å². The summed E-state index contributed by atoms with van der Waals surface area (Å²) in [6.07, 6.45) is 1.66. The molecule has 0 bridgehead atoms. The Balaban J connectivity index is 0.00000112. The summed E-state index contributed by atoms with van der Waals surface area (Å²) >= 11 is 0. The molecular formula is C11H12ClFN2. The molecule has 1 aromatic carbocycles. The number of nitrogens with two attached hydrogens (primary N) is 1. The van der Waals surface area contributed by atoms with Crippen LogP contribution in [-0.2, 0) is 0 Å². The molecule has 2 N–H and O–H groups in total. The molecule has 0 saturated heterocycles. The lowest BCUT2D eigenvalue weighted by atomic mass is 10.0. The fourth-order valence-corrected chi connectivity index (χ4v) is 1.52. The Morgan fingerprint density at radius 1 is 1.27 bits per heavy atom. The van der Waals surface area contributed by atoms with Crippen molar-refractivity contribution in [2.75, 3.05) is 6.67 Å². The van der Waals surface area contributed by atoms with Crippen LogP contribution in [0.3, 0.4) is 0 Å². The third-order valence-corrected chi connectivity index (χ3v) is 2.25. The van der Waals surface area contributed by atoms with Gasteiger partial charge in [0, 0.05) is 11.6 Å². The minimum absolute atomic E-state index is 0. The highest BCUT2D eigenvalue weighted by molar-refractivity contribution is 5.85. The predicted octanol–water partition coefficient (Wildman–Crippen LogP) is 2.63. The van der Waals surface area contributed by atoms with Crippen LogP contribution in [0.1, 0.15) is 11.6 Å². The van der Waals surface area contributed by atoms with Gasteiger partial charge < -0.3 is 5.73 Å². The Hall–Kier alpha value is -1.19. The largest absolute Gasteiger partial charge is 0.322 e. The quantitative estimate of drug-likeness (QED) is 0.855. The number of aromatic nitrogens is 1. The standard InChI is InChI=1S/C11H11FN2.ClH/c12-7-10(13)8-5-6-14-11-4-2-1-3-9(8)11;/h1-6,10H,7,13H2;1H/t10-;/m0./s1. The van der Waals surface area contributed by atoms with Crippen molar-refractivity contribution in [2.45, 2.75) is 6.04 Å². The molecule has 0 saturated carbocycles. The van der Waals surface area contributed by atoms with E-state index in [1.807, 2.05) is 24.3 Å². The molecule has 2 nitrogen and oxygen atoms in total.